The molecule has 0 aromatic carbocycles. The van der Waals surface area contributed by atoms with Gasteiger partial charge in [0.15, 0.2) is 0 Å². The Morgan fingerprint density at radius 1 is 1.22 bits per heavy atom. The van der Waals surface area contributed by atoms with Gasteiger partial charge in [-0.1, -0.05) is 34.6 Å². The first-order chi connectivity index (χ1) is 17.1. The number of hydrogen-bond donors (Lipinski definition) is 4. The molecule has 1 amide bonds. The van der Waals surface area contributed by atoms with Gasteiger partial charge in [-0.2, -0.15) is 5.10 Å². The lowest BCUT2D eigenvalue weighted by Crippen LogP contribution is -2.48. The van der Waals surface area contributed by atoms with E-state index < -0.39 is 0 Å². The van der Waals surface area contributed by atoms with Crippen molar-refractivity contribution in [2.24, 2.45) is 10.8 Å². The first kappa shape index (κ1) is 25.7. The third-order valence-electron chi connectivity index (χ3n) is 7.07. The summed E-state index contributed by atoms with van der Waals surface area (Å²) in [5, 5.41) is 17.3. The molecule has 36 heavy (non-hydrogen) atoms. The Hall–Kier alpha value is -3.42. The zero-order chi connectivity index (χ0) is 25.9. The third-order valence-corrected chi connectivity index (χ3v) is 7.07. The van der Waals surface area contributed by atoms with E-state index in [1.165, 1.54) is 0 Å². The molecule has 3 aromatic heterocycles. The van der Waals surface area contributed by atoms with Crippen LogP contribution in [0.5, 0.6) is 0 Å². The highest BCUT2D eigenvalue weighted by atomic mass is 16.2. The van der Waals surface area contributed by atoms with Crippen molar-refractivity contribution in [2.45, 2.75) is 65.8 Å². The molecule has 4 rings (SSSR count). The molecule has 1 aliphatic rings. The topological polar surface area (TPSA) is 108 Å². The molecule has 3 aromatic rings. The van der Waals surface area contributed by atoms with Gasteiger partial charge in [-0.3, -0.25) is 14.9 Å². The number of hydrogen-bond acceptors (Lipinski definition) is 6. The van der Waals surface area contributed by atoms with Crippen LogP contribution in [0.2, 0.25) is 0 Å². The molecule has 2 atom stereocenters. The van der Waals surface area contributed by atoms with E-state index in [1.807, 2.05) is 19.2 Å². The molecule has 3 heterocycles. The fourth-order valence-corrected chi connectivity index (χ4v) is 4.70. The lowest BCUT2D eigenvalue weighted by molar-refractivity contribution is 0.0831. The number of nitrogens with one attached hydrogen (secondary N) is 4. The fraction of sp³-hybridized carbons (Fsp3) is 0.500. The summed E-state index contributed by atoms with van der Waals surface area (Å²) in [5.74, 6) is 1.00. The van der Waals surface area contributed by atoms with Crippen molar-refractivity contribution in [3.63, 3.8) is 0 Å². The number of carbonyl (C=O) groups excluding carboxylic acids is 1. The van der Waals surface area contributed by atoms with E-state index in [-0.39, 0.29) is 28.7 Å². The maximum atomic E-state index is 13.2. The fourth-order valence-electron chi connectivity index (χ4n) is 4.70. The smallest absolute Gasteiger partial charge is 0.269 e. The number of nitrogens with zero attached hydrogens (tertiary/aromatic N) is 3. The molecule has 0 radical (unpaired) electrons. The number of H-pyrrole nitrogens is 1. The number of pyridine rings is 2. The number of aromatic nitrogens is 4. The molecule has 0 saturated heterocycles. The van der Waals surface area contributed by atoms with Gasteiger partial charge in [0.05, 0.1) is 11.4 Å². The predicted octanol–water partition coefficient (Wildman–Crippen LogP) is 5.46. The SMILES string of the molecule is CNc1nc(C2CCC(C)(C)C(NC(=O)c3cc(-c4cccnc4)n[nH]3)C2)ccc1NCC(C)(C)C. The Bertz CT molecular complexity index is 1180. The van der Waals surface area contributed by atoms with Crippen molar-refractivity contribution >= 4 is 17.4 Å². The Morgan fingerprint density at radius 3 is 2.72 bits per heavy atom. The van der Waals surface area contributed by atoms with E-state index >= 15 is 0 Å². The van der Waals surface area contributed by atoms with Crippen LogP contribution in [0, 0.1) is 10.8 Å². The summed E-state index contributed by atoms with van der Waals surface area (Å²) in [6.45, 7) is 12.0. The number of amides is 1. The molecular formula is C28H39N7O. The van der Waals surface area contributed by atoms with E-state index in [0.717, 1.165) is 48.6 Å². The Morgan fingerprint density at radius 2 is 2.03 bits per heavy atom. The van der Waals surface area contributed by atoms with Crippen LogP contribution in [-0.2, 0) is 0 Å². The molecule has 0 aliphatic heterocycles. The standard InChI is InChI=1S/C28H39N7O/c1-27(2,3)17-31-21-10-9-20(32-25(21)29-6)18-11-12-28(4,5)24(14-18)33-26(36)23-15-22(34-35-23)19-8-7-13-30-16-19/h7-10,13,15-16,18,24,31H,11-12,14,17H2,1-6H3,(H,29,32)(H,33,36)(H,34,35). The average Bonchev–Trinajstić information content (AvgIpc) is 3.34. The van der Waals surface area contributed by atoms with Gasteiger partial charge in [0.25, 0.3) is 5.91 Å². The molecule has 0 spiro atoms. The highest BCUT2D eigenvalue weighted by Gasteiger charge is 2.38. The van der Waals surface area contributed by atoms with Crippen molar-refractivity contribution in [1.82, 2.24) is 25.5 Å². The highest BCUT2D eigenvalue weighted by Crippen LogP contribution is 2.43. The van der Waals surface area contributed by atoms with Gasteiger partial charge in [-0.25, -0.2) is 4.98 Å². The third kappa shape index (κ3) is 6.04. The van der Waals surface area contributed by atoms with Crippen molar-refractivity contribution < 1.29 is 4.79 Å². The van der Waals surface area contributed by atoms with Gasteiger partial charge in [-0.15, -0.1) is 0 Å². The van der Waals surface area contributed by atoms with Gasteiger partial charge in [0, 0.05) is 49.2 Å². The van der Waals surface area contributed by atoms with E-state index in [9.17, 15) is 4.79 Å². The maximum absolute atomic E-state index is 13.2. The van der Waals surface area contributed by atoms with Gasteiger partial charge in [0.2, 0.25) is 0 Å². The van der Waals surface area contributed by atoms with Crippen LogP contribution >= 0.6 is 0 Å². The van der Waals surface area contributed by atoms with Crippen LogP contribution in [-0.4, -0.2) is 45.7 Å². The molecule has 1 aliphatic carbocycles. The van der Waals surface area contributed by atoms with Crippen molar-refractivity contribution in [1.29, 1.82) is 0 Å². The summed E-state index contributed by atoms with van der Waals surface area (Å²) in [7, 11) is 1.91. The number of rotatable bonds is 7. The first-order valence-corrected chi connectivity index (χ1v) is 12.7. The number of carbonyl (C=O) groups is 1. The highest BCUT2D eigenvalue weighted by molar-refractivity contribution is 5.93. The van der Waals surface area contributed by atoms with Crippen LogP contribution in [0.3, 0.4) is 0 Å². The van der Waals surface area contributed by atoms with Crippen LogP contribution in [0.25, 0.3) is 11.3 Å². The molecule has 4 N–H and O–H groups in total. The molecular weight excluding hydrogens is 450 g/mol. The van der Waals surface area contributed by atoms with Gasteiger partial charge < -0.3 is 16.0 Å². The second kappa shape index (κ2) is 10.3. The monoisotopic (exact) mass is 489 g/mol. The van der Waals surface area contributed by atoms with Crippen molar-refractivity contribution in [3.8, 4) is 11.3 Å². The molecule has 1 fully saturated rings. The zero-order valence-corrected chi connectivity index (χ0v) is 22.3. The normalized spacial score (nSPS) is 19.5. The van der Waals surface area contributed by atoms with Gasteiger partial charge in [0.1, 0.15) is 11.5 Å². The summed E-state index contributed by atoms with van der Waals surface area (Å²) < 4.78 is 0. The maximum Gasteiger partial charge on any atom is 0.269 e. The first-order valence-electron chi connectivity index (χ1n) is 12.7. The second-order valence-electron chi connectivity index (χ2n) is 11.7. The minimum Gasteiger partial charge on any atom is -0.382 e. The summed E-state index contributed by atoms with van der Waals surface area (Å²) in [6, 6.07) is 9.84. The van der Waals surface area contributed by atoms with E-state index in [4.69, 9.17) is 4.98 Å². The molecule has 0 bridgehead atoms. The van der Waals surface area contributed by atoms with Gasteiger partial charge in [-0.05, 0) is 60.4 Å². The molecule has 8 nitrogen and oxygen atoms in total. The summed E-state index contributed by atoms with van der Waals surface area (Å²) >= 11 is 0. The summed E-state index contributed by atoms with van der Waals surface area (Å²) in [5.41, 5.74) is 4.28. The average molecular weight is 490 g/mol. The minimum atomic E-state index is -0.137. The summed E-state index contributed by atoms with van der Waals surface area (Å²) in [4.78, 5) is 22.3. The number of anilines is 2. The predicted molar refractivity (Wildman–Crippen MR) is 145 cm³/mol. The molecule has 2 unspecified atom stereocenters. The Balaban J connectivity index is 1.47. The van der Waals surface area contributed by atoms with Crippen LogP contribution in [0.15, 0.2) is 42.7 Å². The van der Waals surface area contributed by atoms with E-state index in [2.05, 4.69) is 77.9 Å². The molecule has 1 saturated carbocycles. The lowest BCUT2D eigenvalue weighted by atomic mass is 9.68. The Labute approximate surface area is 214 Å². The zero-order valence-electron chi connectivity index (χ0n) is 22.3. The van der Waals surface area contributed by atoms with Crippen LogP contribution in [0.4, 0.5) is 11.5 Å². The van der Waals surface area contributed by atoms with Crippen LogP contribution in [0.1, 0.15) is 76.0 Å². The quantitative estimate of drug-likeness (QED) is 0.351. The second-order valence-corrected chi connectivity index (χ2v) is 11.7. The van der Waals surface area contributed by atoms with E-state index in [0.29, 0.717) is 11.4 Å². The largest absolute Gasteiger partial charge is 0.382 e. The lowest BCUT2D eigenvalue weighted by Gasteiger charge is -2.42. The Kier molecular flexibility index (Phi) is 7.33. The van der Waals surface area contributed by atoms with Crippen LogP contribution < -0.4 is 16.0 Å². The summed E-state index contributed by atoms with van der Waals surface area (Å²) in [6.07, 6.45) is 6.35. The molecule has 8 heteroatoms. The molecule has 192 valence electrons. The van der Waals surface area contributed by atoms with Gasteiger partial charge >= 0.3 is 0 Å². The van der Waals surface area contributed by atoms with E-state index in [1.54, 1.807) is 18.5 Å². The van der Waals surface area contributed by atoms with Crippen molar-refractivity contribution in [2.75, 3.05) is 24.2 Å². The number of aromatic amines is 1. The van der Waals surface area contributed by atoms with Crippen molar-refractivity contribution in [3.05, 3.63) is 54.1 Å². The minimum absolute atomic E-state index is 0.0155.